The van der Waals surface area contributed by atoms with Crippen LogP contribution in [0.5, 0.6) is 5.75 Å². The SMILES string of the molecule is N#CC(O)c1ccc(O)cc1. The van der Waals surface area contributed by atoms with Crippen molar-refractivity contribution >= 4 is 0 Å². The highest BCUT2D eigenvalue weighted by molar-refractivity contribution is 5.29. The average molecular weight is 149 g/mol. The van der Waals surface area contributed by atoms with Gasteiger partial charge in [-0.1, -0.05) is 12.1 Å². The summed E-state index contributed by atoms with van der Waals surface area (Å²) < 4.78 is 0. The smallest absolute Gasteiger partial charge is 0.165 e. The van der Waals surface area contributed by atoms with E-state index >= 15 is 0 Å². The van der Waals surface area contributed by atoms with E-state index < -0.39 is 6.10 Å². The van der Waals surface area contributed by atoms with Gasteiger partial charge in [0.15, 0.2) is 6.10 Å². The van der Waals surface area contributed by atoms with E-state index in [-0.39, 0.29) is 5.75 Å². The Labute approximate surface area is 64.1 Å². The summed E-state index contributed by atoms with van der Waals surface area (Å²) in [6.07, 6.45) is -1.10. The fraction of sp³-hybridized carbons (Fsp3) is 0.125. The molecule has 0 aromatic heterocycles. The Morgan fingerprint density at radius 2 is 1.82 bits per heavy atom. The van der Waals surface area contributed by atoms with E-state index in [1.165, 1.54) is 24.3 Å². The van der Waals surface area contributed by atoms with Crippen LogP contribution in [0.3, 0.4) is 0 Å². The van der Waals surface area contributed by atoms with Crippen molar-refractivity contribution in [1.82, 2.24) is 0 Å². The lowest BCUT2D eigenvalue weighted by Gasteiger charge is -2.00. The number of aliphatic hydroxyl groups excluding tert-OH is 1. The Kier molecular flexibility index (Phi) is 2.09. The zero-order valence-corrected chi connectivity index (χ0v) is 5.73. The molecule has 1 rings (SSSR count). The van der Waals surface area contributed by atoms with Gasteiger partial charge in [0.05, 0.1) is 6.07 Å². The number of hydrogen-bond donors (Lipinski definition) is 2. The van der Waals surface area contributed by atoms with Crippen LogP contribution < -0.4 is 0 Å². The van der Waals surface area contributed by atoms with Crippen molar-refractivity contribution in [2.75, 3.05) is 0 Å². The third kappa shape index (κ3) is 1.69. The molecule has 0 bridgehead atoms. The van der Waals surface area contributed by atoms with Crippen molar-refractivity contribution in [3.63, 3.8) is 0 Å². The molecule has 56 valence electrons. The number of phenolic OH excluding ortho intramolecular Hbond substituents is 1. The Morgan fingerprint density at radius 1 is 1.27 bits per heavy atom. The van der Waals surface area contributed by atoms with Gasteiger partial charge in [0.25, 0.3) is 0 Å². The molecule has 0 aliphatic carbocycles. The number of hydrogen-bond acceptors (Lipinski definition) is 3. The van der Waals surface area contributed by atoms with E-state index in [1.54, 1.807) is 6.07 Å². The van der Waals surface area contributed by atoms with Gasteiger partial charge in [-0.15, -0.1) is 0 Å². The standard InChI is InChI=1S/C8H7NO2/c9-5-8(11)6-1-3-7(10)4-2-6/h1-4,8,10-11H. The molecule has 0 spiro atoms. The second kappa shape index (κ2) is 3.04. The molecule has 0 aliphatic rings. The fourth-order valence-corrected chi connectivity index (χ4v) is 0.731. The maximum Gasteiger partial charge on any atom is 0.165 e. The van der Waals surface area contributed by atoms with E-state index in [2.05, 4.69) is 0 Å². The van der Waals surface area contributed by atoms with Crippen molar-refractivity contribution in [3.05, 3.63) is 29.8 Å². The van der Waals surface area contributed by atoms with Crippen molar-refractivity contribution in [2.45, 2.75) is 6.10 Å². The predicted molar refractivity (Wildman–Crippen MR) is 38.7 cm³/mol. The molecular weight excluding hydrogens is 142 g/mol. The third-order valence-electron chi connectivity index (χ3n) is 1.33. The normalized spacial score (nSPS) is 12.0. The number of benzene rings is 1. The first-order chi connectivity index (χ1) is 5.24. The van der Waals surface area contributed by atoms with E-state index in [0.29, 0.717) is 5.56 Å². The first-order valence-electron chi connectivity index (χ1n) is 3.10. The van der Waals surface area contributed by atoms with Gasteiger partial charge in [0.1, 0.15) is 5.75 Å². The lowest BCUT2D eigenvalue weighted by atomic mass is 10.1. The topological polar surface area (TPSA) is 64.2 Å². The van der Waals surface area contributed by atoms with Crippen LogP contribution in [-0.2, 0) is 0 Å². The van der Waals surface area contributed by atoms with Gasteiger partial charge in [0.2, 0.25) is 0 Å². The summed E-state index contributed by atoms with van der Waals surface area (Å²) in [5, 5.41) is 26.1. The lowest BCUT2D eigenvalue weighted by Crippen LogP contribution is -1.91. The largest absolute Gasteiger partial charge is 0.508 e. The second-order valence-electron chi connectivity index (χ2n) is 2.12. The molecule has 0 heterocycles. The second-order valence-corrected chi connectivity index (χ2v) is 2.12. The van der Waals surface area contributed by atoms with Crippen molar-refractivity contribution in [3.8, 4) is 11.8 Å². The maximum absolute atomic E-state index is 8.98. The lowest BCUT2D eigenvalue weighted by molar-refractivity contribution is 0.236. The molecule has 0 radical (unpaired) electrons. The Bertz CT molecular complexity index is 273. The molecule has 0 saturated heterocycles. The Morgan fingerprint density at radius 3 is 2.27 bits per heavy atom. The highest BCUT2D eigenvalue weighted by atomic mass is 16.3. The number of rotatable bonds is 1. The molecule has 0 fully saturated rings. The van der Waals surface area contributed by atoms with Crippen molar-refractivity contribution in [1.29, 1.82) is 5.26 Å². The predicted octanol–water partition coefficient (Wildman–Crippen LogP) is 0.949. The van der Waals surface area contributed by atoms with E-state index in [9.17, 15) is 0 Å². The molecule has 3 nitrogen and oxygen atoms in total. The monoisotopic (exact) mass is 149 g/mol. The molecule has 1 atom stereocenters. The quantitative estimate of drug-likeness (QED) is 0.584. The highest BCUT2D eigenvalue weighted by Crippen LogP contribution is 2.15. The first-order valence-corrected chi connectivity index (χ1v) is 3.10. The zero-order chi connectivity index (χ0) is 8.27. The molecule has 0 saturated carbocycles. The summed E-state index contributed by atoms with van der Waals surface area (Å²) in [6, 6.07) is 7.53. The van der Waals surface area contributed by atoms with Gasteiger partial charge < -0.3 is 10.2 Å². The molecule has 3 heteroatoms. The van der Waals surface area contributed by atoms with Crippen LogP contribution in [-0.4, -0.2) is 10.2 Å². The van der Waals surface area contributed by atoms with Gasteiger partial charge in [-0.2, -0.15) is 5.26 Å². The van der Waals surface area contributed by atoms with Gasteiger partial charge in [0, 0.05) is 0 Å². The summed E-state index contributed by atoms with van der Waals surface area (Å²) >= 11 is 0. The number of nitrogens with zero attached hydrogens (tertiary/aromatic N) is 1. The maximum atomic E-state index is 8.98. The van der Waals surface area contributed by atoms with Gasteiger partial charge >= 0.3 is 0 Å². The van der Waals surface area contributed by atoms with Crippen molar-refractivity contribution in [2.24, 2.45) is 0 Å². The van der Waals surface area contributed by atoms with Gasteiger partial charge in [-0.05, 0) is 17.7 Å². The van der Waals surface area contributed by atoms with Crippen molar-refractivity contribution < 1.29 is 10.2 Å². The van der Waals surface area contributed by atoms with Crippen LogP contribution in [0, 0.1) is 11.3 Å². The van der Waals surface area contributed by atoms with Crippen LogP contribution in [0.1, 0.15) is 11.7 Å². The van der Waals surface area contributed by atoms with E-state index in [1.807, 2.05) is 0 Å². The average Bonchev–Trinajstić information content (AvgIpc) is 2.05. The zero-order valence-electron chi connectivity index (χ0n) is 5.73. The number of phenols is 1. The highest BCUT2D eigenvalue weighted by Gasteiger charge is 2.03. The summed E-state index contributed by atoms with van der Waals surface area (Å²) in [6.45, 7) is 0. The summed E-state index contributed by atoms with van der Waals surface area (Å²) in [5.74, 6) is 0.124. The van der Waals surface area contributed by atoms with Gasteiger partial charge in [-0.3, -0.25) is 0 Å². The van der Waals surface area contributed by atoms with Crippen LogP contribution in [0.2, 0.25) is 0 Å². The minimum atomic E-state index is -1.10. The number of aliphatic hydroxyl groups is 1. The molecule has 2 N–H and O–H groups in total. The summed E-state index contributed by atoms with van der Waals surface area (Å²) in [4.78, 5) is 0. The minimum absolute atomic E-state index is 0.124. The fourth-order valence-electron chi connectivity index (χ4n) is 0.731. The Balaban J connectivity index is 2.92. The molecule has 11 heavy (non-hydrogen) atoms. The van der Waals surface area contributed by atoms with E-state index in [0.717, 1.165) is 0 Å². The summed E-state index contributed by atoms with van der Waals surface area (Å²) in [5.41, 5.74) is 0.491. The molecule has 1 unspecified atom stereocenters. The molecule has 1 aromatic carbocycles. The summed E-state index contributed by atoms with van der Waals surface area (Å²) in [7, 11) is 0. The number of nitriles is 1. The van der Waals surface area contributed by atoms with Crippen LogP contribution in [0.15, 0.2) is 24.3 Å². The third-order valence-corrected chi connectivity index (χ3v) is 1.33. The van der Waals surface area contributed by atoms with Crippen LogP contribution in [0.25, 0.3) is 0 Å². The van der Waals surface area contributed by atoms with Gasteiger partial charge in [-0.25, -0.2) is 0 Å². The Hall–Kier alpha value is -1.53. The van der Waals surface area contributed by atoms with E-state index in [4.69, 9.17) is 15.5 Å². The molecule has 0 aliphatic heterocycles. The van der Waals surface area contributed by atoms with Crippen LogP contribution in [0.4, 0.5) is 0 Å². The molecular formula is C8H7NO2. The molecule has 0 amide bonds. The molecule has 1 aromatic rings. The first kappa shape index (κ1) is 7.58. The number of aromatic hydroxyl groups is 1. The minimum Gasteiger partial charge on any atom is -0.508 e. The van der Waals surface area contributed by atoms with Crippen LogP contribution >= 0.6 is 0 Å².